The second-order valence-electron chi connectivity index (χ2n) is 3.46. The van der Waals surface area contributed by atoms with Crippen molar-refractivity contribution in [1.82, 2.24) is 10.2 Å². The number of nitrogens with zero attached hydrogens (tertiary/aromatic N) is 1. The van der Waals surface area contributed by atoms with Gasteiger partial charge in [0.2, 0.25) is 5.91 Å². The molecule has 7 nitrogen and oxygen atoms in total. The van der Waals surface area contributed by atoms with Crippen LogP contribution in [0, 0.1) is 0 Å². The highest BCUT2D eigenvalue weighted by molar-refractivity contribution is 5.90. The molecule has 0 saturated carbocycles. The Labute approximate surface area is 98.0 Å². The van der Waals surface area contributed by atoms with E-state index in [1.165, 1.54) is 6.08 Å². The number of amides is 2. The zero-order valence-electron chi connectivity index (χ0n) is 9.22. The maximum Gasteiger partial charge on any atom is 0.410 e. The molecule has 0 aromatic rings. The summed E-state index contributed by atoms with van der Waals surface area (Å²) < 4.78 is 4.79. The predicted molar refractivity (Wildman–Crippen MR) is 57.3 cm³/mol. The van der Waals surface area contributed by atoms with Gasteiger partial charge in [0.1, 0.15) is 12.6 Å². The van der Waals surface area contributed by atoms with Crippen LogP contribution in [0.2, 0.25) is 0 Å². The summed E-state index contributed by atoms with van der Waals surface area (Å²) in [6.07, 6.45) is 0.259. The van der Waals surface area contributed by atoms with Crippen LogP contribution in [-0.2, 0) is 14.3 Å². The summed E-state index contributed by atoms with van der Waals surface area (Å²) in [4.78, 5) is 34.8. The summed E-state index contributed by atoms with van der Waals surface area (Å²) in [5.74, 6) is -1.62. The fourth-order valence-electron chi connectivity index (χ4n) is 1.51. The normalized spacial score (nSPS) is 19.4. The number of piperazine rings is 1. The van der Waals surface area contributed by atoms with Gasteiger partial charge in [-0.2, -0.15) is 0 Å². The molecule has 0 bridgehead atoms. The van der Waals surface area contributed by atoms with Crippen LogP contribution in [0.1, 0.15) is 6.42 Å². The average Bonchev–Trinajstić information content (AvgIpc) is 2.28. The fraction of sp³-hybridized carbons (Fsp3) is 0.500. The first-order valence-corrected chi connectivity index (χ1v) is 5.10. The van der Waals surface area contributed by atoms with Gasteiger partial charge in [-0.1, -0.05) is 12.7 Å². The highest BCUT2D eigenvalue weighted by Gasteiger charge is 2.35. The topological polar surface area (TPSA) is 95.9 Å². The summed E-state index contributed by atoms with van der Waals surface area (Å²) in [7, 11) is 0. The minimum atomic E-state index is -1.14. The van der Waals surface area contributed by atoms with Gasteiger partial charge in [0.05, 0.1) is 6.42 Å². The molecule has 1 heterocycles. The number of ether oxygens (including phenoxy) is 1. The lowest BCUT2D eigenvalue weighted by Gasteiger charge is -2.33. The van der Waals surface area contributed by atoms with Crippen LogP contribution >= 0.6 is 0 Å². The number of carboxylic acids is 1. The van der Waals surface area contributed by atoms with Crippen LogP contribution in [0.4, 0.5) is 4.79 Å². The third kappa shape index (κ3) is 3.47. The van der Waals surface area contributed by atoms with Gasteiger partial charge in [0.15, 0.2) is 0 Å². The van der Waals surface area contributed by atoms with Gasteiger partial charge in [-0.25, -0.2) is 4.79 Å². The Bertz CT molecular complexity index is 342. The van der Waals surface area contributed by atoms with Crippen LogP contribution < -0.4 is 5.32 Å². The van der Waals surface area contributed by atoms with E-state index in [0.29, 0.717) is 0 Å². The number of aliphatic carboxylic acids is 1. The molecular formula is C10H14N2O5. The molecule has 1 unspecified atom stereocenters. The Balaban J connectivity index is 2.70. The molecule has 1 fully saturated rings. The van der Waals surface area contributed by atoms with Gasteiger partial charge in [0.25, 0.3) is 0 Å². The second kappa shape index (κ2) is 5.88. The molecule has 0 spiro atoms. The van der Waals surface area contributed by atoms with Crippen molar-refractivity contribution >= 4 is 18.0 Å². The van der Waals surface area contributed by atoms with E-state index in [1.54, 1.807) is 0 Å². The van der Waals surface area contributed by atoms with E-state index in [0.717, 1.165) is 4.90 Å². The first kappa shape index (κ1) is 13.0. The Morgan fingerprint density at radius 2 is 2.35 bits per heavy atom. The number of carbonyl (C=O) groups is 3. The lowest BCUT2D eigenvalue weighted by atomic mass is 10.1. The molecule has 1 aliphatic rings. The molecule has 1 saturated heterocycles. The molecule has 17 heavy (non-hydrogen) atoms. The molecule has 2 amide bonds. The van der Waals surface area contributed by atoms with E-state index in [1.807, 2.05) is 0 Å². The van der Waals surface area contributed by atoms with E-state index < -0.39 is 30.4 Å². The molecule has 1 aliphatic heterocycles. The number of carboxylic acid groups (broad SMARTS) is 1. The minimum Gasteiger partial charge on any atom is -0.481 e. The van der Waals surface area contributed by atoms with Crippen molar-refractivity contribution < 1.29 is 24.2 Å². The van der Waals surface area contributed by atoms with Crippen molar-refractivity contribution in [2.45, 2.75) is 12.5 Å². The van der Waals surface area contributed by atoms with Crippen molar-refractivity contribution in [2.24, 2.45) is 0 Å². The van der Waals surface area contributed by atoms with Crippen molar-refractivity contribution in [3.63, 3.8) is 0 Å². The second-order valence-corrected chi connectivity index (χ2v) is 3.46. The van der Waals surface area contributed by atoms with Crippen molar-refractivity contribution in [3.8, 4) is 0 Å². The van der Waals surface area contributed by atoms with E-state index >= 15 is 0 Å². The molecule has 0 radical (unpaired) electrons. The maximum absolute atomic E-state index is 11.6. The van der Waals surface area contributed by atoms with E-state index in [9.17, 15) is 14.4 Å². The van der Waals surface area contributed by atoms with Crippen LogP contribution in [-0.4, -0.2) is 53.7 Å². The first-order chi connectivity index (χ1) is 8.06. The van der Waals surface area contributed by atoms with E-state index in [2.05, 4.69) is 11.9 Å². The number of rotatable bonds is 4. The molecule has 1 rings (SSSR count). The Hall–Kier alpha value is -2.05. The Morgan fingerprint density at radius 3 is 2.94 bits per heavy atom. The van der Waals surface area contributed by atoms with Crippen LogP contribution in [0.15, 0.2) is 12.7 Å². The van der Waals surface area contributed by atoms with Crippen LogP contribution in [0.25, 0.3) is 0 Å². The number of carbonyl (C=O) groups excluding carboxylic acids is 2. The number of hydrogen-bond donors (Lipinski definition) is 2. The van der Waals surface area contributed by atoms with Crippen molar-refractivity contribution in [1.29, 1.82) is 0 Å². The third-order valence-electron chi connectivity index (χ3n) is 2.26. The molecule has 0 aliphatic carbocycles. The SMILES string of the molecule is C=CCOC(=O)N1CCNC(=O)C1CC(=O)O. The van der Waals surface area contributed by atoms with Gasteiger partial charge in [-0.05, 0) is 0 Å². The fourth-order valence-corrected chi connectivity index (χ4v) is 1.51. The molecular weight excluding hydrogens is 228 g/mol. The van der Waals surface area contributed by atoms with Crippen molar-refractivity contribution in [3.05, 3.63) is 12.7 Å². The van der Waals surface area contributed by atoms with Gasteiger partial charge >= 0.3 is 12.1 Å². The molecule has 1 atom stereocenters. The van der Waals surface area contributed by atoms with Gasteiger partial charge in [-0.15, -0.1) is 0 Å². The quantitative estimate of drug-likeness (QED) is 0.653. The van der Waals surface area contributed by atoms with Gasteiger partial charge in [0, 0.05) is 13.1 Å². The number of hydrogen-bond acceptors (Lipinski definition) is 4. The van der Waals surface area contributed by atoms with E-state index in [-0.39, 0.29) is 19.7 Å². The highest BCUT2D eigenvalue weighted by atomic mass is 16.6. The first-order valence-electron chi connectivity index (χ1n) is 5.10. The Kier molecular flexibility index (Phi) is 4.50. The average molecular weight is 242 g/mol. The predicted octanol–water partition coefficient (Wildman–Crippen LogP) is -0.416. The van der Waals surface area contributed by atoms with Crippen LogP contribution in [0.5, 0.6) is 0 Å². The van der Waals surface area contributed by atoms with Gasteiger partial charge in [-0.3, -0.25) is 14.5 Å². The number of nitrogens with one attached hydrogen (secondary N) is 1. The third-order valence-corrected chi connectivity index (χ3v) is 2.26. The minimum absolute atomic E-state index is 0.0245. The zero-order valence-corrected chi connectivity index (χ0v) is 9.22. The summed E-state index contributed by atoms with van der Waals surface area (Å²) >= 11 is 0. The summed E-state index contributed by atoms with van der Waals surface area (Å²) in [6.45, 7) is 3.94. The molecule has 0 aromatic carbocycles. The maximum atomic E-state index is 11.6. The lowest BCUT2D eigenvalue weighted by Crippen LogP contribution is -2.57. The summed E-state index contributed by atoms with van der Waals surface area (Å²) in [5, 5.41) is 11.2. The standard InChI is InChI=1S/C10H14N2O5/c1-2-5-17-10(16)12-4-3-11-9(15)7(12)6-8(13)14/h2,7H,1,3-6H2,(H,11,15)(H,13,14). The Morgan fingerprint density at radius 1 is 1.65 bits per heavy atom. The zero-order chi connectivity index (χ0) is 12.8. The molecule has 2 N–H and O–H groups in total. The molecule has 0 aromatic heterocycles. The summed E-state index contributed by atoms with van der Waals surface area (Å²) in [5.41, 5.74) is 0. The smallest absolute Gasteiger partial charge is 0.410 e. The molecule has 7 heteroatoms. The largest absolute Gasteiger partial charge is 0.481 e. The highest BCUT2D eigenvalue weighted by Crippen LogP contribution is 2.10. The molecule has 94 valence electrons. The van der Waals surface area contributed by atoms with Crippen LogP contribution in [0.3, 0.4) is 0 Å². The summed E-state index contributed by atoms with van der Waals surface area (Å²) in [6, 6.07) is -1.02. The monoisotopic (exact) mass is 242 g/mol. The van der Waals surface area contributed by atoms with Gasteiger partial charge < -0.3 is 15.2 Å². The lowest BCUT2D eigenvalue weighted by molar-refractivity contribution is -0.142. The van der Waals surface area contributed by atoms with E-state index in [4.69, 9.17) is 9.84 Å². The van der Waals surface area contributed by atoms with Crippen molar-refractivity contribution in [2.75, 3.05) is 19.7 Å².